The van der Waals surface area contributed by atoms with Crippen LogP contribution in [0.5, 0.6) is 0 Å². The Bertz CT molecular complexity index is 1180. The second-order valence-electron chi connectivity index (χ2n) is 10.7. The molecule has 0 aliphatic carbocycles. The zero-order valence-corrected chi connectivity index (χ0v) is 22.2. The molecule has 4 aliphatic heterocycles. The standard InChI is InChI=1S/C29H35N3O7/c1-18(17-33)32-25-27(36)31(16-20-9-5-3-6-10-20)14-8-4-7-11-22(34)30-15-19(2)38-28(37)23-21-12-13-29(25,39-21)24(23)26(32)35/h3-6,8-10,12-13,18-19,21,23-25,33H,7,11,14-17H2,1-2H3,(H,30,34)/b8-4-/t18-,19+,21-,23+,24+,25-,29+/m1/s1. The molecule has 1 spiro atoms. The van der Waals surface area contributed by atoms with Gasteiger partial charge in [0, 0.05) is 19.5 Å². The molecular formula is C29H35N3O7. The molecule has 0 unspecified atom stereocenters. The number of carbonyl (C=O) groups excluding carboxylic acids is 4. The predicted octanol–water partition coefficient (Wildman–Crippen LogP) is 0.945. The fourth-order valence-corrected chi connectivity index (χ4v) is 6.13. The van der Waals surface area contributed by atoms with Crippen molar-refractivity contribution in [2.45, 2.75) is 63.1 Å². The lowest BCUT2D eigenvalue weighted by atomic mass is 9.74. The van der Waals surface area contributed by atoms with E-state index >= 15 is 0 Å². The number of cyclic esters (lactones) is 1. The normalized spacial score (nSPS) is 34.6. The Balaban J connectivity index is 1.56. The molecule has 10 nitrogen and oxygen atoms in total. The molecule has 5 bridgehead atoms. The maximum atomic E-state index is 14.4. The van der Waals surface area contributed by atoms with Gasteiger partial charge in [-0.05, 0) is 25.8 Å². The number of likely N-dealkylation sites (tertiary alicyclic amines) is 1. The molecule has 4 heterocycles. The summed E-state index contributed by atoms with van der Waals surface area (Å²) in [5.74, 6) is -3.44. The molecule has 4 aliphatic rings. The number of allylic oxidation sites excluding steroid dienone is 1. The van der Waals surface area contributed by atoms with E-state index in [9.17, 15) is 24.3 Å². The van der Waals surface area contributed by atoms with Gasteiger partial charge in [0.05, 0.1) is 31.2 Å². The van der Waals surface area contributed by atoms with Crippen molar-refractivity contribution in [3.8, 4) is 0 Å². The average Bonchev–Trinajstić information content (AvgIpc) is 3.57. The minimum absolute atomic E-state index is 0.145. The highest BCUT2D eigenvalue weighted by Gasteiger charge is 2.74. The van der Waals surface area contributed by atoms with E-state index in [2.05, 4.69) is 5.32 Å². The van der Waals surface area contributed by atoms with Crippen molar-refractivity contribution < 1.29 is 33.8 Å². The van der Waals surface area contributed by atoms with Crippen LogP contribution in [0.1, 0.15) is 32.3 Å². The van der Waals surface area contributed by atoms with Gasteiger partial charge in [0.1, 0.15) is 23.7 Å². The van der Waals surface area contributed by atoms with Gasteiger partial charge in [-0.3, -0.25) is 19.2 Å². The summed E-state index contributed by atoms with van der Waals surface area (Å²) in [6, 6.07) is 7.78. The Kier molecular flexibility index (Phi) is 7.59. The second-order valence-corrected chi connectivity index (χ2v) is 10.7. The van der Waals surface area contributed by atoms with Crippen LogP contribution in [0.15, 0.2) is 54.6 Å². The van der Waals surface area contributed by atoms with Crippen molar-refractivity contribution in [1.29, 1.82) is 0 Å². The summed E-state index contributed by atoms with van der Waals surface area (Å²) in [5, 5.41) is 12.8. The highest BCUT2D eigenvalue weighted by atomic mass is 16.6. The Morgan fingerprint density at radius 3 is 2.64 bits per heavy atom. The number of nitrogens with zero attached hydrogens (tertiary/aromatic N) is 2. The van der Waals surface area contributed by atoms with E-state index in [1.54, 1.807) is 30.9 Å². The maximum absolute atomic E-state index is 14.4. The van der Waals surface area contributed by atoms with Gasteiger partial charge in [0.25, 0.3) is 0 Å². The van der Waals surface area contributed by atoms with Crippen LogP contribution >= 0.6 is 0 Å². The minimum atomic E-state index is -1.35. The molecule has 208 valence electrons. The van der Waals surface area contributed by atoms with Crippen LogP contribution in [0.2, 0.25) is 0 Å². The van der Waals surface area contributed by atoms with Crippen molar-refractivity contribution in [2.24, 2.45) is 11.8 Å². The van der Waals surface area contributed by atoms with E-state index in [0.29, 0.717) is 6.42 Å². The molecule has 10 heteroatoms. The SMILES string of the molecule is C[C@H](CO)N1C(=O)[C@@H]2[C@H]3C(=O)O[C@@H](C)CNC(=O)CC/C=C\CN(Cc4ccccc4)C(=O)[C@@H]1[C@]21C=C[C@H]3O1. The van der Waals surface area contributed by atoms with Gasteiger partial charge in [-0.25, -0.2) is 0 Å². The summed E-state index contributed by atoms with van der Waals surface area (Å²) in [7, 11) is 0. The van der Waals surface area contributed by atoms with E-state index in [1.807, 2.05) is 42.5 Å². The van der Waals surface area contributed by atoms with Gasteiger partial charge in [-0.1, -0.05) is 54.6 Å². The van der Waals surface area contributed by atoms with Gasteiger partial charge < -0.3 is 29.7 Å². The largest absolute Gasteiger partial charge is 0.460 e. The van der Waals surface area contributed by atoms with E-state index in [1.165, 1.54) is 4.90 Å². The highest BCUT2D eigenvalue weighted by Crippen LogP contribution is 2.56. The van der Waals surface area contributed by atoms with Crippen LogP contribution in [0.3, 0.4) is 0 Å². The quantitative estimate of drug-likeness (QED) is 0.433. The third kappa shape index (κ3) is 4.87. The molecule has 1 aromatic carbocycles. The van der Waals surface area contributed by atoms with Gasteiger partial charge in [0.2, 0.25) is 17.7 Å². The molecule has 2 N–H and O–H groups in total. The molecule has 0 radical (unpaired) electrons. The zero-order chi connectivity index (χ0) is 27.7. The summed E-state index contributed by atoms with van der Waals surface area (Å²) in [4.78, 5) is 57.1. The third-order valence-electron chi connectivity index (χ3n) is 8.02. The van der Waals surface area contributed by atoms with E-state index in [-0.39, 0.29) is 44.5 Å². The number of esters is 1. The van der Waals surface area contributed by atoms with Crippen molar-refractivity contribution >= 4 is 23.7 Å². The number of ether oxygens (including phenoxy) is 2. The van der Waals surface area contributed by atoms with Crippen molar-refractivity contribution in [2.75, 3.05) is 19.7 Å². The number of aliphatic hydroxyl groups excluding tert-OH is 1. The Morgan fingerprint density at radius 1 is 1.13 bits per heavy atom. The van der Waals surface area contributed by atoms with Gasteiger partial charge in [-0.15, -0.1) is 0 Å². The first-order chi connectivity index (χ1) is 18.8. The van der Waals surface area contributed by atoms with Crippen LogP contribution in [0.4, 0.5) is 0 Å². The number of hydrogen-bond acceptors (Lipinski definition) is 7. The minimum Gasteiger partial charge on any atom is -0.460 e. The second kappa shape index (κ2) is 10.9. The zero-order valence-electron chi connectivity index (χ0n) is 22.2. The first-order valence-corrected chi connectivity index (χ1v) is 13.5. The molecule has 2 saturated heterocycles. The van der Waals surface area contributed by atoms with Crippen LogP contribution in [-0.4, -0.2) is 88.2 Å². The molecule has 0 saturated carbocycles. The Hall–Kier alpha value is -3.50. The molecule has 2 fully saturated rings. The summed E-state index contributed by atoms with van der Waals surface area (Å²) >= 11 is 0. The Morgan fingerprint density at radius 2 is 1.90 bits per heavy atom. The first kappa shape index (κ1) is 27.1. The monoisotopic (exact) mass is 537 g/mol. The number of carbonyl (C=O) groups is 4. The van der Waals surface area contributed by atoms with Crippen LogP contribution in [0, 0.1) is 11.8 Å². The fraction of sp³-hybridized carbons (Fsp3) is 0.517. The topological polar surface area (TPSA) is 125 Å². The maximum Gasteiger partial charge on any atom is 0.313 e. The van der Waals surface area contributed by atoms with Crippen molar-refractivity contribution in [1.82, 2.24) is 15.1 Å². The molecule has 5 rings (SSSR count). The van der Waals surface area contributed by atoms with Crippen LogP contribution in [0.25, 0.3) is 0 Å². The summed E-state index contributed by atoms with van der Waals surface area (Å²) in [6.07, 6.45) is 6.58. The molecule has 39 heavy (non-hydrogen) atoms. The number of hydrogen-bond donors (Lipinski definition) is 2. The van der Waals surface area contributed by atoms with Gasteiger partial charge in [0.15, 0.2) is 0 Å². The van der Waals surface area contributed by atoms with E-state index in [4.69, 9.17) is 9.47 Å². The molecule has 1 aromatic rings. The molecule has 0 aromatic heterocycles. The van der Waals surface area contributed by atoms with Crippen molar-refractivity contribution in [3.05, 3.63) is 60.2 Å². The van der Waals surface area contributed by atoms with Crippen LogP contribution < -0.4 is 5.32 Å². The Labute approximate surface area is 227 Å². The van der Waals surface area contributed by atoms with Gasteiger partial charge >= 0.3 is 5.97 Å². The lowest BCUT2D eigenvalue weighted by molar-refractivity contribution is -0.159. The van der Waals surface area contributed by atoms with Crippen molar-refractivity contribution in [3.63, 3.8) is 0 Å². The fourth-order valence-electron chi connectivity index (χ4n) is 6.13. The van der Waals surface area contributed by atoms with Crippen LogP contribution in [-0.2, 0) is 35.2 Å². The number of aliphatic hydroxyl groups is 1. The number of fused-ring (bicyclic) bond motifs is 2. The van der Waals surface area contributed by atoms with E-state index in [0.717, 1.165) is 5.56 Å². The number of rotatable bonds is 4. The molecule has 3 amide bonds. The smallest absolute Gasteiger partial charge is 0.313 e. The molecule has 7 atom stereocenters. The number of amides is 3. The summed E-state index contributed by atoms with van der Waals surface area (Å²) in [5.41, 5.74) is -0.442. The average molecular weight is 538 g/mol. The lowest BCUT2D eigenvalue weighted by Gasteiger charge is -2.37. The molecular weight excluding hydrogens is 502 g/mol. The highest BCUT2D eigenvalue weighted by molar-refractivity contribution is 5.99. The number of nitrogens with one attached hydrogen (secondary N) is 1. The predicted molar refractivity (Wildman–Crippen MR) is 140 cm³/mol. The summed E-state index contributed by atoms with van der Waals surface area (Å²) in [6.45, 7) is 3.68. The lowest BCUT2D eigenvalue weighted by Crippen LogP contribution is -2.57. The van der Waals surface area contributed by atoms with Gasteiger partial charge in [-0.2, -0.15) is 0 Å². The number of benzene rings is 1. The summed E-state index contributed by atoms with van der Waals surface area (Å²) < 4.78 is 12.0. The van der Waals surface area contributed by atoms with E-state index < -0.39 is 53.6 Å². The third-order valence-corrected chi connectivity index (χ3v) is 8.02. The first-order valence-electron chi connectivity index (χ1n) is 13.5.